The monoisotopic (exact) mass is 315 g/mol. The van der Waals surface area contributed by atoms with E-state index in [0.717, 1.165) is 29.7 Å². The normalized spacial score (nSPS) is 45.3. The number of unbranched alkanes of at least 4 members (excludes halogenated alkanes) is 1. The molecule has 0 aromatic rings. The van der Waals surface area contributed by atoms with Crippen LogP contribution in [0.3, 0.4) is 0 Å². The van der Waals surface area contributed by atoms with Gasteiger partial charge in [-0.2, -0.15) is 0 Å². The van der Waals surface area contributed by atoms with Crippen LogP contribution in [-0.2, 0) is 0 Å². The minimum atomic E-state index is 0.702. The molecule has 0 aromatic heterocycles. The summed E-state index contributed by atoms with van der Waals surface area (Å²) in [6.07, 6.45) is 8.48. The Hall–Kier alpha value is 0.440. The van der Waals surface area contributed by atoms with E-state index in [1.165, 1.54) is 45.1 Å². The van der Waals surface area contributed by atoms with E-state index in [1.807, 2.05) is 0 Å². The van der Waals surface area contributed by atoms with Gasteiger partial charge in [0.1, 0.15) is 0 Å². The maximum atomic E-state index is 3.84. The summed E-state index contributed by atoms with van der Waals surface area (Å²) in [7, 11) is 0. The lowest BCUT2D eigenvalue weighted by Crippen LogP contribution is -2.50. The highest BCUT2D eigenvalue weighted by molar-refractivity contribution is 9.09. The molecule has 1 heterocycles. The van der Waals surface area contributed by atoms with Gasteiger partial charge in [0.15, 0.2) is 0 Å². The second-order valence-electron chi connectivity index (χ2n) is 6.75. The van der Waals surface area contributed by atoms with Crippen molar-refractivity contribution in [2.24, 2.45) is 23.7 Å². The fourth-order valence-corrected chi connectivity index (χ4v) is 5.03. The van der Waals surface area contributed by atoms with Crippen LogP contribution in [0.15, 0.2) is 0 Å². The number of hydrogen-bond acceptors (Lipinski definition) is 1. The Kier molecular flexibility index (Phi) is 5.56. The summed E-state index contributed by atoms with van der Waals surface area (Å²) in [6, 6.07) is 0.783. The molecular weight excluding hydrogens is 286 g/mol. The van der Waals surface area contributed by atoms with Crippen molar-refractivity contribution in [2.45, 2.75) is 70.2 Å². The third-order valence-electron chi connectivity index (χ3n) is 5.50. The van der Waals surface area contributed by atoms with E-state index >= 15 is 0 Å². The summed E-state index contributed by atoms with van der Waals surface area (Å²) in [5.41, 5.74) is 0. The molecule has 6 unspecified atom stereocenters. The lowest BCUT2D eigenvalue weighted by molar-refractivity contribution is 0.166. The van der Waals surface area contributed by atoms with Gasteiger partial charge in [-0.3, -0.25) is 0 Å². The Bertz CT molecular complexity index is 251. The fraction of sp³-hybridized carbons (Fsp3) is 1.00. The number of halogens is 1. The lowest BCUT2D eigenvalue weighted by Gasteiger charge is -2.40. The summed E-state index contributed by atoms with van der Waals surface area (Å²) in [5.74, 6) is 3.64. The third kappa shape index (κ3) is 3.30. The van der Waals surface area contributed by atoms with Gasteiger partial charge >= 0.3 is 0 Å². The molecule has 2 rings (SSSR count). The van der Waals surface area contributed by atoms with Crippen LogP contribution in [0.4, 0.5) is 0 Å². The molecule has 1 saturated carbocycles. The topological polar surface area (TPSA) is 12.0 Å². The van der Waals surface area contributed by atoms with Gasteiger partial charge in [0.05, 0.1) is 0 Å². The molecule has 1 aliphatic carbocycles. The molecule has 106 valence electrons. The number of piperidine rings is 1. The number of nitrogens with one attached hydrogen (secondary N) is 1. The molecule has 0 amide bonds. The van der Waals surface area contributed by atoms with Gasteiger partial charge in [0.25, 0.3) is 0 Å². The van der Waals surface area contributed by atoms with E-state index < -0.39 is 0 Å². The van der Waals surface area contributed by atoms with E-state index in [4.69, 9.17) is 0 Å². The molecular formula is C16H30BrN. The molecule has 1 aliphatic heterocycles. The van der Waals surface area contributed by atoms with Crippen molar-refractivity contribution in [3.63, 3.8) is 0 Å². The van der Waals surface area contributed by atoms with E-state index in [-0.39, 0.29) is 0 Å². The summed E-state index contributed by atoms with van der Waals surface area (Å²) in [6.45, 7) is 8.50. The molecule has 2 aliphatic rings. The van der Waals surface area contributed by atoms with Gasteiger partial charge in [-0.1, -0.05) is 56.0 Å². The predicted molar refractivity (Wildman–Crippen MR) is 83.2 cm³/mol. The molecule has 0 radical (unpaired) electrons. The second-order valence-corrected chi connectivity index (χ2v) is 8.04. The minimum Gasteiger partial charge on any atom is -0.312 e. The van der Waals surface area contributed by atoms with Gasteiger partial charge in [0, 0.05) is 17.4 Å². The van der Waals surface area contributed by atoms with Crippen LogP contribution in [0.2, 0.25) is 0 Å². The molecule has 2 heteroatoms. The highest BCUT2D eigenvalue weighted by Gasteiger charge is 2.39. The first kappa shape index (κ1) is 14.8. The maximum absolute atomic E-state index is 3.84. The maximum Gasteiger partial charge on any atom is 0.0274 e. The van der Waals surface area contributed by atoms with Crippen molar-refractivity contribution in [1.29, 1.82) is 0 Å². The van der Waals surface area contributed by atoms with Crippen molar-refractivity contribution in [1.82, 2.24) is 5.32 Å². The van der Waals surface area contributed by atoms with Crippen LogP contribution in [0.1, 0.15) is 59.3 Å². The van der Waals surface area contributed by atoms with Crippen molar-refractivity contribution in [3.05, 3.63) is 0 Å². The molecule has 1 saturated heterocycles. The summed E-state index contributed by atoms with van der Waals surface area (Å²) in [5, 5.41) is 3.84. The van der Waals surface area contributed by atoms with Crippen LogP contribution in [0.5, 0.6) is 0 Å². The van der Waals surface area contributed by atoms with Crippen LogP contribution < -0.4 is 5.32 Å². The quantitative estimate of drug-likeness (QED) is 0.750. The standard InChI is InChI=1S/C16H30BrN/c1-4-5-6-15-11(2)7-8-13-9-14(17)10-18-16(13)12(15)3/h11-16,18H,4-10H2,1-3H3. The van der Waals surface area contributed by atoms with Crippen molar-refractivity contribution in [2.75, 3.05) is 6.54 Å². The minimum absolute atomic E-state index is 0.702. The van der Waals surface area contributed by atoms with Crippen LogP contribution in [0.25, 0.3) is 0 Å². The Morgan fingerprint density at radius 1 is 1.22 bits per heavy atom. The smallest absolute Gasteiger partial charge is 0.0274 e. The zero-order valence-corrected chi connectivity index (χ0v) is 13.9. The number of hydrogen-bond donors (Lipinski definition) is 1. The van der Waals surface area contributed by atoms with Gasteiger partial charge in [0.2, 0.25) is 0 Å². The van der Waals surface area contributed by atoms with Crippen molar-refractivity contribution < 1.29 is 0 Å². The first-order valence-corrected chi connectivity index (χ1v) is 8.92. The number of fused-ring (bicyclic) bond motifs is 1. The lowest BCUT2D eigenvalue weighted by atomic mass is 9.75. The molecule has 0 spiro atoms. The van der Waals surface area contributed by atoms with Crippen LogP contribution in [-0.4, -0.2) is 17.4 Å². The average Bonchev–Trinajstić information content (AvgIpc) is 2.46. The van der Waals surface area contributed by atoms with Gasteiger partial charge in [-0.25, -0.2) is 0 Å². The fourth-order valence-electron chi connectivity index (χ4n) is 4.36. The molecule has 0 bridgehead atoms. The largest absolute Gasteiger partial charge is 0.312 e. The van der Waals surface area contributed by atoms with Crippen LogP contribution in [0, 0.1) is 23.7 Å². The molecule has 1 N–H and O–H groups in total. The zero-order valence-electron chi connectivity index (χ0n) is 12.3. The van der Waals surface area contributed by atoms with E-state index in [2.05, 4.69) is 42.0 Å². The van der Waals surface area contributed by atoms with E-state index in [0.29, 0.717) is 4.83 Å². The average molecular weight is 316 g/mol. The van der Waals surface area contributed by atoms with E-state index in [9.17, 15) is 0 Å². The highest BCUT2D eigenvalue weighted by atomic mass is 79.9. The first-order valence-electron chi connectivity index (χ1n) is 8.01. The molecule has 2 fully saturated rings. The molecule has 1 nitrogen and oxygen atoms in total. The first-order chi connectivity index (χ1) is 8.63. The summed E-state index contributed by atoms with van der Waals surface area (Å²) >= 11 is 3.81. The van der Waals surface area contributed by atoms with Gasteiger partial charge < -0.3 is 5.32 Å². The second kappa shape index (κ2) is 6.74. The van der Waals surface area contributed by atoms with Crippen molar-refractivity contribution in [3.8, 4) is 0 Å². The van der Waals surface area contributed by atoms with Crippen molar-refractivity contribution >= 4 is 15.9 Å². The summed E-state index contributed by atoms with van der Waals surface area (Å²) in [4.78, 5) is 0.702. The Morgan fingerprint density at radius 2 is 2.00 bits per heavy atom. The van der Waals surface area contributed by atoms with Gasteiger partial charge in [-0.15, -0.1) is 0 Å². The van der Waals surface area contributed by atoms with E-state index in [1.54, 1.807) is 0 Å². The number of rotatable bonds is 3. The summed E-state index contributed by atoms with van der Waals surface area (Å²) < 4.78 is 0. The zero-order chi connectivity index (χ0) is 13.1. The Labute approximate surface area is 122 Å². The Morgan fingerprint density at radius 3 is 2.72 bits per heavy atom. The third-order valence-corrected chi connectivity index (χ3v) is 6.20. The van der Waals surface area contributed by atoms with Gasteiger partial charge in [-0.05, 0) is 42.9 Å². The number of alkyl halides is 1. The SMILES string of the molecule is CCCCC1C(C)CCC2CC(Br)CNC2C1C. The van der Waals surface area contributed by atoms with Crippen LogP contribution >= 0.6 is 15.9 Å². The molecule has 0 aromatic carbocycles. The Balaban J connectivity index is 2.05. The predicted octanol–water partition coefficient (Wildman–Crippen LogP) is 4.60. The highest BCUT2D eigenvalue weighted by Crippen LogP contribution is 2.42. The molecule has 18 heavy (non-hydrogen) atoms. The molecule has 6 atom stereocenters.